The van der Waals surface area contributed by atoms with Gasteiger partial charge in [0.1, 0.15) is 0 Å². The second kappa shape index (κ2) is 7.12. The molecule has 2 atom stereocenters. The molecule has 0 N–H and O–H groups in total. The molecule has 2 aliphatic heterocycles. The second-order valence-electron chi connectivity index (χ2n) is 6.38. The van der Waals surface area contributed by atoms with Gasteiger partial charge in [-0.2, -0.15) is 5.26 Å². The van der Waals surface area contributed by atoms with E-state index >= 15 is 0 Å². The van der Waals surface area contributed by atoms with Crippen LogP contribution in [0, 0.1) is 11.3 Å². The number of amides is 1. The van der Waals surface area contributed by atoms with E-state index < -0.39 is 0 Å². The zero-order chi connectivity index (χ0) is 16.2. The first-order valence-electron chi connectivity index (χ1n) is 8.26. The lowest BCUT2D eigenvalue weighted by Crippen LogP contribution is -2.44. The molecule has 5 nitrogen and oxygen atoms in total. The molecular formula is C18H23N3O2. The predicted octanol–water partition coefficient (Wildman–Crippen LogP) is 1.77. The third-order valence-corrected chi connectivity index (χ3v) is 4.84. The summed E-state index contributed by atoms with van der Waals surface area (Å²) < 4.78 is 5.50. The largest absolute Gasteiger partial charge is 0.380 e. The number of hydrogen-bond acceptors (Lipinski definition) is 4. The molecule has 3 rings (SSSR count). The van der Waals surface area contributed by atoms with Gasteiger partial charge in [0, 0.05) is 33.3 Å². The number of benzene rings is 1. The van der Waals surface area contributed by atoms with Crippen LogP contribution in [0.3, 0.4) is 0 Å². The van der Waals surface area contributed by atoms with Crippen molar-refractivity contribution in [3.8, 4) is 6.07 Å². The van der Waals surface area contributed by atoms with Crippen molar-refractivity contribution in [3.63, 3.8) is 0 Å². The fourth-order valence-corrected chi connectivity index (χ4v) is 3.59. The van der Waals surface area contributed by atoms with Crippen LogP contribution in [0.15, 0.2) is 24.3 Å². The molecule has 23 heavy (non-hydrogen) atoms. The zero-order valence-corrected chi connectivity index (χ0v) is 13.6. The van der Waals surface area contributed by atoms with Crippen LogP contribution < -0.4 is 0 Å². The number of nitriles is 1. The summed E-state index contributed by atoms with van der Waals surface area (Å²) in [5.41, 5.74) is 1.73. The molecule has 0 aromatic heterocycles. The average molecular weight is 313 g/mol. The van der Waals surface area contributed by atoms with E-state index in [-0.39, 0.29) is 18.1 Å². The van der Waals surface area contributed by atoms with Gasteiger partial charge < -0.3 is 9.64 Å². The minimum atomic E-state index is -0.108. The predicted molar refractivity (Wildman–Crippen MR) is 86.6 cm³/mol. The van der Waals surface area contributed by atoms with Gasteiger partial charge in [-0.3, -0.25) is 9.69 Å². The standard InChI is InChI=1S/C18H23N3O2/c1-23-16-10-17(18(22)20-7-2-3-8-20)21(13-16)12-15-6-4-5-14(9-15)11-19/h4-6,9,16-17H,2-3,7-8,10,12-13H2,1H3/t16-,17-/m0/s1. The number of ether oxygens (including phenoxy) is 1. The summed E-state index contributed by atoms with van der Waals surface area (Å²) in [7, 11) is 1.71. The van der Waals surface area contributed by atoms with Gasteiger partial charge in [-0.05, 0) is 37.0 Å². The SMILES string of the molecule is CO[C@H]1C[C@@H](C(=O)N2CCCC2)N(Cc2cccc(C#N)c2)C1. The van der Waals surface area contributed by atoms with Crippen LogP contribution in [0.4, 0.5) is 0 Å². The lowest BCUT2D eigenvalue weighted by atomic mass is 10.1. The molecule has 0 radical (unpaired) electrons. The van der Waals surface area contributed by atoms with Crippen molar-refractivity contribution in [1.82, 2.24) is 9.80 Å². The molecule has 1 aromatic carbocycles. The molecule has 5 heteroatoms. The van der Waals surface area contributed by atoms with E-state index in [0.717, 1.165) is 44.5 Å². The summed E-state index contributed by atoms with van der Waals surface area (Å²) in [6.45, 7) is 3.20. The normalized spacial score (nSPS) is 24.8. The molecule has 2 saturated heterocycles. The Hall–Kier alpha value is -1.90. The monoisotopic (exact) mass is 313 g/mol. The summed E-state index contributed by atoms with van der Waals surface area (Å²) in [6.07, 6.45) is 3.07. The molecule has 2 aliphatic rings. The third kappa shape index (κ3) is 3.54. The summed E-state index contributed by atoms with van der Waals surface area (Å²) in [6, 6.07) is 9.68. The second-order valence-corrected chi connectivity index (χ2v) is 6.38. The topological polar surface area (TPSA) is 56.6 Å². The molecule has 0 bridgehead atoms. The van der Waals surface area contributed by atoms with Crippen LogP contribution in [-0.2, 0) is 16.1 Å². The maximum absolute atomic E-state index is 12.8. The van der Waals surface area contributed by atoms with Gasteiger partial charge in [0.15, 0.2) is 0 Å². The molecule has 2 heterocycles. The van der Waals surface area contributed by atoms with Gasteiger partial charge in [0.25, 0.3) is 0 Å². The van der Waals surface area contributed by atoms with Crippen molar-refractivity contribution in [1.29, 1.82) is 5.26 Å². The van der Waals surface area contributed by atoms with Gasteiger partial charge >= 0.3 is 0 Å². The Morgan fingerprint density at radius 2 is 2.17 bits per heavy atom. The van der Waals surface area contributed by atoms with Gasteiger partial charge in [-0.15, -0.1) is 0 Å². The van der Waals surface area contributed by atoms with E-state index in [2.05, 4.69) is 11.0 Å². The molecule has 0 saturated carbocycles. The molecule has 2 fully saturated rings. The van der Waals surface area contributed by atoms with Gasteiger partial charge in [-0.1, -0.05) is 12.1 Å². The molecule has 1 aromatic rings. The highest BCUT2D eigenvalue weighted by Gasteiger charge is 2.39. The highest BCUT2D eigenvalue weighted by Crippen LogP contribution is 2.25. The molecule has 122 valence electrons. The van der Waals surface area contributed by atoms with Gasteiger partial charge in [-0.25, -0.2) is 0 Å². The van der Waals surface area contributed by atoms with Crippen molar-refractivity contribution in [2.45, 2.75) is 38.0 Å². The maximum Gasteiger partial charge on any atom is 0.240 e. The number of rotatable bonds is 4. The molecule has 1 amide bonds. The van der Waals surface area contributed by atoms with Crippen molar-refractivity contribution >= 4 is 5.91 Å². The minimum absolute atomic E-state index is 0.103. The lowest BCUT2D eigenvalue weighted by molar-refractivity contribution is -0.135. The number of nitrogens with zero attached hydrogens (tertiary/aromatic N) is 3. The summed E-state index contributed by atoms with van der Waals surface area (Å²) in [5, 5.41) is 9.04. The van der Waals surface area contributed by atoms with E-state index in [1.807, 2.05) is 23.1 Å². The average Bonchev–Trinajstić information content (AvgIpc) is 3.24. The van der Waals surface area contributed by atoms with Crippen LogP contribution in [0.5, 0.6) is 0 Å². The van der Waals surface area contributed by atoms with Crippen molar-refractivity contribution in [2.24, 2.45) is 0 Å². The first-order chi connectivity index (χ1) is 11.2. The van der Waals surface area contributed by atoms with Crippen LogP contribution in [-0.4, -0.2) is 54.6 Å². The van der Waals surface area contributed by atoms with Crippen molar-refractivity contribution in [3.05, 3.63) is 35.4 Å². The highest BCUT2D eigenvalue weighted by molar-refractivity contribution is 5.82. The molecule has 0 spiro atoms. The Morgan fingerprint density at radius 3 is 2.87 bits per heavy atom. The maximum atomic E-state index is 12.8. The number of likely N-dealkylation sites (tertiary alicyclic amines) is 2. The fraction of sp³-hybridized carbons (Fsp3) is 0.556. The molecule has 0 unspecified atom stereocenters. The zero-order valence-electron chi connectivity index (χ0n) is 13.6. The van der Waals surface area contributed by atoms with Gasteiger partial charge in [0.05, 0.1) is 23.8 Å². The number of methoxy groups -OCH3 is 1. The van der Waals surface area contributed by atoms with E-state index in [1.165, 1.54) is 0 Å². The summed E-state index contributed by atoms with van der Waals surface area (Å²) in [4.78, 5) is 17.0. The third-order valence-electron chi connectivity index (χ3n) is 4.84. The molecular weight excluding hydrogens is 290 g/mol. The van der Waals surface area contributed by atoms with Crippen molar-refractivity contribution < 1.29 is 9.53 Å². The van der Waals surface area contributed by atoms with Crippen molar-refractivity contribution in [2.75, 3.05) is 26.7 Å². The minimum Gasteiger partial charge on any atom is -0.380 e. The Morgan fingerprint density at radius 1 is 1.39 bits per heavy atom. The highest BCUT2D eigenvalue weighted by atomic mass is 16.5. The van der Waals surface area contributed by atoms with E-state index in [0.29, 0.717) is 12.1 Å². The lowest BCUT2D eigenvalue weighted by Gasteiger charge is -2.27. The van der Waals surface area contributed by atoms with Crippen LogP contribution in [0.1, 0.15) is 30.4 Å². The van der Waals surface area contributed by atoms with Crippen LogP contribution in [0.2, 0.25) is 0 Å². The quantitative estimate of drug-likeness (QED) is 0.850. The molecule has 0 aliphatic carbocycles. The first kappa shape index (κ1) is 16.0. The van der Waals surface area contributed by atoms with Gasteiger partial charge in [0.2, 0.25) is 5.91 Å². The van der Waals surface area contributed by atoms with E-state index in [1.54, 1.807) is 13.2 Å². The number of carbonyl (C=O) groups is 1. The Bertz CT molecular complexity index is 605. The Balaban J connectivity index is 1.74. The Labute approximate surface area is 137 Å². The fourth-order valence-electron chi connectivity index (χ4n) is 3.59. The van der Waals surface area contributed by atoms with Crippen LogP contribution in [0.25, 0.3) is 0 Å². The van der Waals surface area contributed by atoms with E-state index in [9.17, 15) is 4.79 Å². The smallest absolute Gasteiger partial charge is 0.240 e. The first-order valence-corrected chi connectivity index (χ1v) is 8.26. The summed E-state index contributed by atoms with van der Waals surface area (Å²) >= 11 is 0. The summed E-state index contributed by atoms with van der Waals surface area (Å²) in [5.74, 6) is 0.235. The number of hydrogen-bond donors (Lipinski definition) is 0. The van der Waals surface area contributed by atoms with Crippen LogP contribution >= 0.6 is 0 Å². The Kier molecular flexibility index (Phi) is 4.94. The number of carbonyl (C=O) groups excluding carboxylic acids is 1. The van der Waals surface area contributed by atoms with E-state index in [4.69, 9.17) is 10.00 Å².